The molecule has 0 aliphatic heterocycles. The third-order valence-corrected chi connectivity index (χ3v) is 0.901. The van der Waals surface area contributed by atoms with Crippen LogP contribution in [-0.2, 0) is 0 Å². The van der Waals surface area contributed by atoms with E-state index >= 15 is 0 Å². The molecule has 1 heteroatoms. The number of rotatable bonds is 4. The minimum atomic E-state index is 0. The van der Waals surface area contributed by atoms with Gasteiger partial charge in [0.15, 0.2) is 0 Å². The molecular formula is C7H13Na. The maximum atomic E-state index is 3.62. The molecular weight excluding hydrogens is 107 g/mol. The Kier molecular flexibility index (Phi) is 15.4. The van der Waals surface area contributed by atoms with Crippen LogP contribution in [0.5, 0.6) is 0 Å². The number of hydrogen-bond donors (Lipinski definition) is 0. The summed E-state index contributed by atoms with van der Waals surface area (Å²) in [6, 6.07) is 0. The largest absolute Gasteiger partial charge is 1.00 e. The second kappa shape index (κ2) is 10.7. The molecule has 0 heterocycles. The molecule has 0 saturated heterocycles. The van der Waals surface area contributed by atoms with Crippen molar-refractivity contribution in [1.29, 1.82) is 0 Å². The maximum Gasteiger partial charge on any atom is 1.00 e. The Hall–Kier alpha value is 0.740. The fourth-order valence-electron chi connectivity index (χ4n) is 0.466. The first-order chi connectivity index (χ1) is 3.41. The number of hydrogen-bond acceptors (Lipinski definition) is 0. The summed E-state index contributed by atoms with van der Waals surface area (Å²) in [6.07, 6.45) is 7.79. The third kappa shape index (κ3) is 9.88. The molecule has 0 aromatic carbocycles. The van der Waals surface area contributed by atoms with Crippen LogP contribution in [0.4, 0.5) is 0 Å². The van der Waals surface area contributed by atoms with Crippen molar-refractivity contribution in [1.82, 2.24) is 0 Å². The predicted octanol–water partition coefficient (Wildman–Crippen LogP) is -0.429. The molecule has 0 aliphatic carbocycles. The van der Waals surface area contributed by atoms with E-state index in [0.717, 1.165) is 6.42 Å². The van der Waals surface area contributed by atoms with Gasteiger partial charge in [0, 0.05) is 0 Å². The average molecular weight is 120 g/mol. The second-order valence-electron chi connectivity index (χ2n) is 1.63. The van der Waals surface area contributed by atoms with Gasteiger partial charge in [-0.25, -0.2) is 0 Å². The van der Waals surface area contributed by atoms with Gasteiger partial charge in [-0.3, -0.25) is 0 Å². The van der Waals surface area contributed by atoms with Gasteiger partial charge in [-0.2, -0.15) is 13.3 Å². The molecule has 0 amide bonds. The fourth-order valence-corrected chi connectivity index (χ4v) is 0.466. The Bertz CT molecular complexity index is 41.7. The first kappa shape index (κ1) is 11.5. The van der Waals surface area contributed by atoms with E-state index in [1.54, 1.807) is 0 Å². The van der Waals surface area contributed by atoms with Crippen molar-refractivity contribution in [2.45, 2.75) is 26.2 Å². The summed E-state index contributed by atoms with van der Waals surface area (Å²) >= 11 is 0. The van der Waals surface area contributed by atoms with E-state index in [9.17, 15) is 0 Å². The Balaban J connectivity index is 0. The quantitative estimate of drug-likeness (QED) is 0.204. The Morgan fingerprint density at radius 2 is 2.25 bits per heavy atom. The van der Waals surface area contributed by atoms with Gasteiger partial charge in [-0.1, -0.05) is 12.5 Å². The van der Waals surface area contributed by atoms with Gasteiger partial charge in [0.05, 0.1) is 0 Å². The summed E-state index contributed by atoms with van der Waals surface area (Å²) < 4.78 is 0. The van der Waals surface area contributed by atoms with Gasteiger partial charge < -0.3 is 6.42 Å². The van der Waals surface area contributed by atoms with E-state index in [1.165, 1.54) is 12.8 Å². The fraction of sp³-hybridized carbons (Fsp3) is 0.571. The van der Waals surface area contributed by atoms with Crippen LogP contribution in [0.1, 0.15) is 26.2 Å². The number of unbranched alkanes of at least 4 members (excludes halogenated alkanes) is 3. The molecule has 0 atom stereocenters. The van der Waals surface area contributed by atoms with Crippen molar-refractivity contribution in [3.05, 3.63) is 19.1 Å². The maximum absolute atomic E-state index is 3.62. The minimum Gasteiger partial charge on any atom is -0.331 e. The van der Waals surface area contributed by atoms with Crippen LogP contribution >= 0.6 is 0 Å². The molecule has 0 aromatic heterocycles. The number of allylic oxidation sites excluding steroid dienone is 1. The standard InChI is InChI=1S/C7H13.Na/c1-3-5-7-6-4-2;/h3-4H,1,5-7H2,2H3;/q-1;+1. The summed E-state index contributed by atoms with van der Waals surface area (Å²) in [5.74, 6) is 0. The third-order valence-electron chi connectivity index (χ3n) is 0.901. The molecule has 0 bridgehead atoms. The zero-order valence-corrected chi connectivity index (χ0v) is 7.98. The summed E-state index contributed by atoms with van der Waals surface area (Å²) in [7, 11) is 0. The van der Waals surface area contributed by atoms with Crippen LogP contribution in [0.25, 0.3) is 0 Å². The van der Waals surface area contributed by atoms with E-state index in [-0.39, 0.29) is 29.6 Å². The molecule has 0 radical (unpaired) electrons. The summed E-state index contributed by atoms with van der Waals surface area (Å²) in [5, 5.41) is 0. The van der Waals surface area contributed by atoms with Crippen LogP contribution in [-0.4, -0.2) is 0 Å². The normalized spacial score (nSPS) is 7.62. The van der Waals surface area contributed by atoms with Crippen molar-refractivity contribution in [3.63, 3.8) is 0 Å². The van der Waals surface area contributed by atoms with Crippen LogP contribution in [0, 0.1) is 6.42 Å². The van der Waals surface area contributed by atoms with Gasteiger partial charge in [-0.05, 0) is 6.42 Å². The molecule has 0 unspecified atom stereocenters. The molecule has 0 rings (SSSR count). The minimum absolute atomic E-state index is 0. The Morgan fingerprint density at radius 1 is 1.62 bits per heavy atom. The second-order valence-corrected chi connectivity index (χ2v) is 1.63. The predicted molar refractivity (Wildman–Crippen MR) is 34.0 cm³/mol. The zero-order chi connectivity index (χ0) is 5.54. The van der Waals surface area contributed by atoms with Crippen molar-refractivity contribution in [2.24, 2.45) is 0 Å². The average Bonchev–Trinajstić information content (AvgIpc) is 1.69. The van der Waals surface area contributed by atoms with E-state index in [1.807, 2.05) is 6.08 Å². The van der Waals surface area contributed by atoms with Crippen LogP contribution in [0.15, 0.2) is 12.7 Å². The topological polar surface area (TPSA) is 0 Å². The Morgan fingerprint density at radius 3 is 2.62 bits per heavy atom. The van der Waals surface area contributed by atoms with Gasteiger partial charge in [-0.15, -0.1) is 6.58 Å². The first-order valence-electron chi connectivity index (χ1n) is 2.80. The van der Waals surface area contributed by atoms with E-state index in [4.69, 9.17) is 0 Å². The molecule has 0 N–H and O–H groups in total. The van der Waals surface area contributed by atoms with E-state index in [0.29, 0.717) is 0 Å². The van der Waals surface area contributed by atoms with Gasteiger partial charge >= 0.3 is 29.6 Å². The molecule has 0 saturated carbocycles. The summed E-state index contributed by atoms with van der Waals surface area (Å²) in [6.45, 7) is 5.70. The van der Waals surface area contributed by atoms with Crippen molar-refractivity contribution >= 4 is 0 Å². The molecule has 42 valence electrons. The molecule has 0 fully saturated rings. The van der Waals surface area contributed by atoms with Crippen LogP contribution < -0.4 is 29.6 Å². The van der Waals surface area contributed by atoms with Gasteiger partial charge in [0.1, 0.15) is 0 Å². The Labute approximate surface area is 74.7 Å². The van der Waals surface area contributed by atoms with E-state index in [2.05, 4.69) is 19.9 Å². The summed E-state index contributed by atoms with van der Waals surface area (Å²) in [4.78, 5) is 0. The van der Waals surface area contributed by atoms with Crippen LogP contribution in [0.3, 0.4) is 0 Å². The van der Waals surface area contributed by atoms with Gasteiger partial charge in [0.25, 0.3) is 0 Å². The zero-order valence-electron chi connectivity index (χ0n) is 5.98. The van der Waals surface area contributed by atoms with Crippen LogP contribution in [0.2, 0.25) is 0 Å². The van der Waals surface area contributed by atoms with E-state index < -0.39 is 0 Å². The molecule has 0 spiro atoms. The van der Waals surface area contributed by atoms with Crippen molar-refractivity contribution in [2.75, 3.05) is 0 Å². The monoisotopic (exact) mass is 120 g/mol. The summed E-state index contributed by atoms with van der Waals surface area (Å²) in [5.41, 5.74) is 0. The molecule has 0 aliphatic rings. The smallest absolute Gasteiger partial charge is 0.331 e. The van der Waals surface area contributed by atoms with Crippen molar-refractivity contribution in [3.8, 4) is 0 Å². The van der Waals surface area contributed by atoms with Crippen molar-refractivity contribution < 1.29 is 29.6 Å². The first-order valence-corrected chi connectivity index (χ1v) is 2.80. The molecule has 0 nitrogen and oxygen atoms in total. The van der Waals surface area contributed by atoms with Gasteiger partial charge in [0.2, 0.25) is 0 Å². The molecule has 0 aromatic rings. The SMILES string of the molecule is C=CCCC[CH-]C.[Na+]. The molecule has 8 heavy (non-hydrogen) atoms.